The van der Waals surface area contributed by atoms with Gasteiger partial charge in [0, 0.05) is 0 Å². The van der Waals surface area contributed by atoms with Crippen molar-refractivity contribution in [3.63, 3.8) is 0 Å². The van der Waals surface area contributed by atoms with Crippen LogP contribution in [0.25, 0.3) is 0 Å². The van der Waals surface area contributed by atoms with Crippen molar-refractivity contribution in [2.45, 2.75) is 33.1 Å². The fourth-order valence-corrected chi connectivity index (χ4v) is 2.33. The number of rotatable bonds is 3. The molecule has 3 heteroatoms. The second-order valence-electron chi connectivity index (χ2n) is 5.07. The molecule has 0 heterocycles. The molecule has 0 N–H and O–H groups in total. The summed E-state index contributed by atoms with van der Waals surface area (Å²) in [7, 11) is 0. The molecule has 0 saturated heterocycles. The van der Waals surface area contributed by atoms with E-state index in [0.717, 1.165) is 31.3 Å². The van der Waals surface area contributed by atoms with Gasteiger partial charge in [0.15, 0.2) is 6.10 Å². The lowest BCUT2D eigenvalue weighted by molar-refractivity contribution is -0.247. The molecular formula is C15H19O3. The van der Waals surface area contributed by atoms with Gasteiger partial charge in [-0.2, -0.15) is 4.89 Å². The first-order chi connectivity index (χ1) is 8.66. The van der Waals surface area contributed by atoms with E-state index in [1.807, 2.05) is 6.07 Å². The Morgan fingerprint density at radius 1 is 1.22 bits per heavy atom. The van der Waals surface area contributed by atoms with Crippen molar-refractivity contribution in [2.75, 3.05) is 0 Å². The van der Waals surface area contributed by atoms with E-state index in [1.165, 1.54) is 0 Å². The summed E-state index contributed by atoms with van der Waals surface area (Å²) in [4.78, 5) is 21.8. The maximum absolute atomic E-state index is 11.7. The SMILES string of the molecule is CC1CC[C](OOC(=O)c2ccccc2)C(C)C1. The number of carbonyl (C=O) groups is 1. The van der Waals surface area contributed by atoms with Gasteiger partial charge in [-0.05, 0) is 43.2 Å². The zero-order chi connectivity index (χ0) is 13.0. The fourth-order valence-electron chi connectivity index (χ4n) is 2.33. The summed E-state index contributed by atoms with van der Waals surface area (Å²) in [5.74, 6) is 0.642. The molecule has 0 spiro atoms. The molecule has 0 aromatic heterocycles. The van der Waals surface area contributed by atoms with Gasteiger partial charge in [-0.15, -0.1) is 0 Å². The van der Waals surface area contributed by atoms with Crippen LogP contribution in [0, 0.1) is 17.9 Å². The van der Waals surface area contributed by atoms with Crippen LogP contribution in [0.5, 0.6) is 0 Å². The highest BCUT2D eigenvalue weighted by Gasteiger charge is 2.29. The summed E-state index contributed by atoms with van der Waals surface area (Å²) >= 11 is 0. The molecule has 18 heavy (non-hydrogen) atoms. The van der Waals surface area contributed by atoms with E-state index in [2.05, 4.69) is 13.8 Å². The van der Waals surface area contributed by atoms with Gasteiger partial charge in [-0.25, -0.2) is 4.79 Å². The van der Waals surface area contributed by atoms with Crippen LogP contribution in [-0.4, -0.2) is 5.97 Å². The first-order valence-corrected chi connectivity index (χ1v) is 6.46. The summed E-state index contributed by atoms with van der Waals surface area (Å²) in [5, 5.41) is 0. The van der Waals surface area contributed by atoms with Crippen molar-refractivity contribution in [3.8, 4) is 0 Å². The Hall–Kier alpha value is -1.35. The first kappa shape index (κ1) is 13.1. The van der Waals surface area contributed by atoms with E-state index < -0.39 is 5.97 Å². The van der Waals surface area contributed by atoms with Crippen LogP contribution in [0.3, 0.4) is 0 Å². The van der Waals surface area contributed by atoms with Gasteiger partial charge in [0.1, 0.15) is 0 Å². The van der Waals surface area contributed by atoms with Crippen molar-refractivity contribution in [1.82, 2.24) is 0 Å². The molecule has 2 unspecified atom stereocenters. The largest absolute Gasteiger partial charge is 0.373 e. The number of carbonyl (C=O) groups excluding carboxylic acids is 1. The van der Waals surface area contributed by atoms with E-state index in [0.29, 0.717) is 11.5 Å². The maximum atomic E-state index is 11.7. The normalized spacial score (nSPS) is 24.8. The molecule has 1 aliphatic carbocycles. The molecule has 0 aliphatic heterocycles. The third-order valence-electron chi connectivity index (χ3n) is 3.42. The minimum absolute atomic E-state index is 0.359. The minimum atomic E-state index is -0.436. The summed E-state index contributed by atoms with van der Waals surface area (Å²) < 4.78 is 0. The summed E-state index contributed by atoms with van der Waals surface area (Å²) in [5.41, 5.74) is 0.509. The lowest BCUT2D eigenvalue weighted by atomic mass is 9.81. The van der Waals surface area contributed by atoms with Gasteiger partial charge in [0.05, 0.1) is 5.56 Å². The molecule has 0 bridgehead atoms. The highest BCUT2D eigenvalue weighted by atomic mass is 17.2. The van der Waals surface area contributed by atoms with Crippen molar-refractivity contribution >= 4 is 5.97 Å². The van der Waals surface area contributed by atoms with Crippen LogP contribution in [-0.2, 0) is 9.78 Å². The minimum Gasteiger partial charge on any atom is -0.292 e. The van der Waals surface area contributed by atoms with Crippen LogP contribution in [0.2, 0.25) is 0 Å². The quantitative estimate of drug-likeness (QED) is 0.602. The molecule has 1 saturated carbocycles. The molecule has 1 aromatic carbocycles. The summed E-state index contributed by atoms with van der Waals surface area (Å²) in [6.45, 7) is 4.35. The molecule has 2 rings (SSSR count). The molecule has 1 radical (unpaired) electrons. The molecular weight excluding hydrogens is 228 g/mol. The number of hydrogen-bond donors (Lipinski definition) is 0. The van der Waals surface area contributed by atoms with Crippen molar-refractivity contribution in [1.29, 1.82) is 0 Å². The van der Waals surface area contributed by atoms with Crippen LogP contribution < -0.4 is 0 Å². The predicted octanol–water partition coefficient (Wildman–Crippen LogP) is 3.76. The van der Waals surface area contributed by atoms with Crippen molar-refractivity contribution in [3.05, 3.63) is 42.0 Å². The number of hydrogen-bond acceptors (Lipinski definition) is 3. The Morgan fingerprint density at radius 2 is 1.94 bits per heavy atom. The summed E-state index contributed by atoms with van der Waals surface area (Å²) in [6.07, 6.45) is 3.96. The fraction of sp³-hybridized carbons (Fsp3) is 0.467. The van der Waals surface area contributed by atoms with Crippen LogP contribution in [0.1, 0.15) is 43.5 Å². The van der Waals surface area contributed by atoms with Gasteiger partial charge in [-0.1, -0.05) is 32.0 Å². The third kappa shape index (κ3) is 3.33. The van der Waals surface area contributed by atoms with Gasteiger partial charge in [0.25, 0.3) is 0 Å². The van der Waals surface area contributed by atoms with Crippen LogP contribution in [0.15, 0.2) is 30.3 Å². The molecule has 0 amide bonds. The van der Waals surface area contributed by atoms with E-state index in [4.69, 9.17) is 9.78 Å². The lowest BCUT2D eigenvalue weighted by Crippen LogP contribution is -2.23. The molecule has 97 valence electrons. The van der Waals surface area contributed by atoms with Gasteiger partial charge in [0.2, 0.25) is 0 Å². The molecule has 2 atom stereocenters. The lowest BCUT2D eigenvalue weighted by Gasteiger charge is -2.29. The van der Waals surface area contributed by atoms with Gasteiger partial charge >= 0.3 is 5.97 Å². The van der Waals surface area contributed by atoms with Gasteiger partial charge in [-0.3, -0.25) is 4.89 Å². The smallest absolute Gasteiger partial charge is 0.292 e. The van der Waals surface area contributed by atoms with E-state index in [1.54, 1.807) is 24.3 Å². The zero-order valence-electron chi connectivity index (χ0n) is 10.9. The van der Waals surface area contributed by atoms with Gasteiger partial charge < -0.3 is 0 Å². The monoisotopic (exact) mass is 247 g/mol. The zero-order valence-corrected chi connectivity index (χ0v) is 10.9. The van der Waals surface area contributed by atoms with Crippen LogP contribution >= 0.6 is 0 Å². The highest BCUT2D eigenvalue weighted by molar-refractivity contribution is 5.88. The van der Waals surface area contributed by atoms with Crippen LogP contribution in [0.4, 0.5) is 0 Å². The van der Waals surface area contributed by atoms with E-state index in [-0.39, 0.29) is 0 Å². The average molecular weight is 247 g/mol. The topological polar surface area (TPSA) is 35.5 Å². The Kier molecular flexibility index (Phi) is 4.37. The second-order valence-corrected chi connectivity index (χ2v) is 5.07. The Balaban J connectivity index is 1.83. The Bertz CT molecular complexity index is 388. The third-order valence-corrected chi connectivity index (χ3v) is 3.42. The molecule has 1 aliphatic rings. The number of benzene rings is 1. The van der Waals surface area contributed by atoms with Crippen molar-refractivity contribution in [2.24, 2.45) is 11.8 Å². The first-order valence-electron chi connectivity index (χ1n) is 6.46. The standard InChI is InChI=1S/C15H19O3/c1-11-8-9-14(12(2)10-11)17-18-15(16)13-6-4-3-5-7-13/h3-7,11-12H,8-10H2,1-2H3. The highest BCUT2D eigenvalue weighted by Crippen LogP contribution is 2.35. The Labute approximate surface area is 108 Å². The second kappa shape index (κ2) is 6.01. The predicted molar refractivity (Wildman–Crippen MR) is 68.4 cm³/mol. The molecule has 3 nitrogen and oxygen atoms in total. The van der Waals surface area contributed by atoms with E-state index >= 15 is 0 Å². The molecule has 1 fully saturated rings. The average Bonchev–Trinajstić information content (AvgIpc) is 2.38. The Morgan fingerprint density at radius 3 is 2.61 bits per heavy atom. The van der Waals surface area contributed by atoms with E-state index in [9.17, 15) is 4.79 Å². The van der Waals surface area contributed by atoms with Crippen molar-refractivity contribution < 1.29 is 14.6 Å². The molecule has 1 aromatic rings. The maximum Gasteiger partial charge on any atom is 0.373 e. The summed E-state index contributed by atoms with van der Waals surface area (Å²) in [6, 6.07) is 8.88.